The number of nitrogens with one attached hydrogen (secondary N) is 2. The predicted molar refractivity (Wildman–Crippen MR) is 61.7 cm³/mol. The molecule has 6 nitrogen and oxygen atoms in total. The van der Waals surface area contributed by atoms with Crippen molar-refractivity contribution in [2.75, 3.05) is 5.32 Å². The van der Waals surface area contributed by atoms with Gasteiger partial charge in [0, 0.05) is 5.69 Å². The van der Waals surface area contributed by atoms with Gasteiger partial charge in [-0.2, -0.15) is 0 Å². The molecule has 0 fully saturated rings. The first-order valence-electron chi connectivity index (χ1n) is 5.02. The molecule has 0 bridgehead atoms. The summed E-state index contributed by atoms with van der Waals surface area (Å²) in [5.41, 5.74) is 2.15. The number of hydrogen-bond donors (Lipinski definition) is 3. The molecule has 1 aromatic carbocycles. The molecule has 1 heterocycles. The summed E-state index contributed by atoms with van der Waals surface area (Å²) in [4.78, 5) is 28.8. The highest BCUT2D eigenvalue weighted by atomic mass is 16.4. The molecule has 1 amide bonds. The van der Waals surface area contributed by atoms with Crippen molar-refractivity contribution >= 4 is 28.6 Å². The zero-order valence-electron chi connectivity index (χ0n) is 9.15. The maximum atomic E-state index is 11.2. The molecule has 17 heavy (non-hydrogen) atoms. The van der Waals surface area contributed by atoms with Crippen LogP contribution in [0.3, 0.4) is 0 Å². The standard InChI is InChI=1S/C11H11N3O3/c1-6-12-8-3-2-7(4-9(8)13-6)14-10(15)5-11(16)17/h2-4H,5H2,1H3,(H,12,13)(H,14,15)(H,16,17). The molecule has 0 aliphatic rings. The van der Waals surface area contributed by atoms with Gasteiger partial charge >= 0.3 is 5.97 Å². The van der Waals surface area contributed by atoms with E-state index >= 15 is 0 Å². The summed E-state index contributed by atoms with van der Waals surface area (Å²) >= 11 is 0. The van der Waals surface area contributed by atoms with Crippen LogP contribution in [0.5, 0.6) is 0 Å². The molecule has 88 valence electrons. The molecule has 0 saturated heterocycles. The Hall–Kier alpha value is -2.37. The number of rotatable bonds is 3. The lowest BCUT2D eigenvalue weighted by atomic mass is 10.2. The van der Waals surface area contributed by atoms with Gasteiger partial charge in [-0.3, -0.25) is 9.59 Å². The van der Waals surface area contributed by atoms with Gasteiger partial charge in [0.2, 0.25) is 5.91 Å². The molecular weight excluding hydrogens is 222 g/mol. The zero-order chi connectivity index (χ0) is 12.4. The number of carbonyl (C=O) groups is 2. The number of carboxylic acid groups (broad SMARTS) is 1. The minimum Gasteiger partial charge on any atom is -0.481 e. The van der Waals surface area contributed by atoms with E-state index in [1.807, 2.05) is 6.92 Å². The van der Waals surface area contributed by atoms with E-state index < -0.39 is 18.3 Å². The largest absolute Gasteiger partial charge is 0.481 e. The summed E-state index contributed by atoms with van der Waals surface area (Å²) in [6.07, 6.45) is -0.542. The zero-order valence-corrected chi connectivity index (χ0v) is 9.15. The molecule has 0 unspecified atom stereocenters. The van der Waals surface area contributed by atoms with Crippen LogP contribution in [-0.2, 0) is 9.59 Å². The fourth-order valence-electron chi connectivity index (χ4n) is 1.56. The fraction of sp³-hybridized carbons (Fsp3) is 0.182. The summed E-state index contributed by atoms with van der Waals surface area (Å²) in [5, 5.41) is 11.0. The van der Waals surface area contributed by atoms with Gasteiger partial charge in [0.1, 0.15) is 12.2 Å². The van der Waals surface area contributed by atoms with E-state index in [1.54, 1.807) is 18.2 Å². The molecule has 0 saturated carbocycles. The SMILES string of the molecule is Cc1nc2ccc(NC(=O)CC(=O)O)cc2[nH]1. The second kappa shape index (κ2) is 4.25. The van der Waals surface area contributed by atoms with E-state index in [2.05, 4.69) is 15.3 Å². The lowest BCUT2D eigenvalue weighted by molar-refractivity contribution is -0.139. The van der Waals surface area contributed by atoms with Crippen LogP contribution in [0.2, 0.25) is 0 Å². The first-order chi connectivity index (χ1) is 8.04. The second-order valence-electron chi connectivity index (χ2n) is 3.67. The maximum absolute atomic E-state index is 11.2. The quantitative estimate of drug-likeness (QED) is 0.696. The van der Waals surface area contributed by atoms with Gasteiger partial charge in [-0.05, 0) is 25.1 Å². The highest BCUT2D eigenvalue weighted by Crippen LogP contribution is 2.17. The van der Waals surface area contributed by atoms with Gasteiger partial charge in [0.15, 0.2) is 0 Å². The van der Waals surface area contributed by atoms with Gasteiger partial charge in [-0.1, -0.05) is 0 Å². The first kappa shape index (κ1) is 11.1. The van der Waals surface area contributed by atoms with Crippen molar-refractivity contribution in [3.05, 3.63) is 24.0 Å². The first-order valence-corrected chi connectivity index (χ1v) is 5.02. The van der Waals surface area contributed by atoms with Crippen LogP contribution in [0.1, 0.15) is 12.2 Å². The number of aromatic nitrogens is 2. The van der Waals surface area contributed by atoms with E-state index in [4.69, 9.17) is 5.11 Å². The lowest BCUT2D eigenvalue weighted by Gasteiger charge is -2.02. The molecule has 6 heteroatoms. The number of imidazole rings is 1. The number of hydrogen-bond acceptors (Lipinski definition) is 3. The third kappa shape index (κ3) is 2.60. The van der Waals surface area contributed by atoms with Crippen molar-refractivity contribution in [2.24, 2.45) is 0 Å². The molecular formula is C11H11N3O3. The Kier molecular flexibility index (Phi) is 2.78. The summed E-state index contributed by atoms with van der Waals surface area (Å²) in [7, 11) is 0. The highest BCUT2D eigenvalue weighted by Gasteiger charge is 2.08. The molecule has 0 atom stereocenters. The monoisotopic (exact) mass is 233 g/mol. The van der Waals surface area contributed by atoms with E-state index in [-0.39, 0.29) is 0 Å². The Bertz CT molecular complexity index is 589. The smallest absolute Gasteiger partial charge is 0.312 e. The maximum Gasteiger partial charge on any atom is 0.312 e. The molecule has 2 rings (SSSR count). The van der Waals surface area contributed by atoms with Crippen LogP contribution >= 0.6 is 0 Å². The molecule has 0 aliphatic carbocycles. The van der Waals surface area contributed by atoms with Gasteiger partial charge in [0.25, 0.3) is 0 Å². The molecule has 1 aromatic heterocycles. The number of amides is 1. The van der Waals surface area contributed by atoms with Gasteiger partial charge in [0.05, 0.1) is 11.0 Å². The van der Waals surface area contributed by atoms with E-state index in [1.165, 1.54) is 0 Å². The average Bonchev–Trinajstić information content (AvgIpc) is 2.55. The molecule has 0 radical (unpaired) electrons. The van der Waals surface area contributed by atoms with Crippen molar-refractivity contribution < 1.29 is 14.7 Å². The van der Waals surface area contributed by atoms with Crippen molar-refractivity contribution in [2.45, 2.75) is 13.3 Å². The topological polar surface area (TPSA) is 95.1 Å². The van der Waals surface area contributed by atoms with Gasteiger partial charge in [-0.15, -0.1) is 0 Å². The summed E-state index contributed by atoms with van der Waals surface area (Å²) in [6.45, 7) is 1.84. The number of anilines is 1. The number of carbonyl (C=O) groups excluding carboxylic acids is 1. The number of aryl methyl sites for hydroxylation is 1. The van der Waals surface area contributed by atoms with Crippen LogP contribution in [0.25, 0.3) is 11.0 Å². The summed E-state index contributed by atoms with van der Waals surface area (Å²) < 4.78 is 0. The normalized spacial score (nSPS) is 10.4. The number of aromatic amines is 1. The van der Waals surface area contributed by atoms with Crippen LogP contribution in [0.4, 0.5) is 5.69 Å². The third-order valence-corrected chi connectivity index (χ3v) is 2.20. The Balaban J connectivity index is 2.19. The summed E-state index contributed by atoms with van der Waals surface area (Å²) in [5.74, 6) is -0.914. The van der Waals surface area contributed by atoms with Gasteiger partial charge < -0.3 is 15.4 Å². The lowest BCUT2D eigenvalue weighted by Crippen LogP contribution is -2.15. The van der Waals surface area contributed by atoms with E-state index in [9.17, 15) is 9.59 Å². The van der Waals surface area contributed by atoms with Gasteiger partial charge in [-0.25, -0.2) is 4.98 Å². The molecule has 2 aromatic rings. The number of nitrogens with zero attached hydrogens (tertiary/aromatic N) is 1. The van der Waals surface area contributed by atoms with Crippen LogP contribution in [-0.4, -0.2) is 27.0 Å². The minimum absolute atomic E-state index is 0.542. The van der Waals surface area contributed by atoms with Crippen molar-refractivity contribution in [1.29, 1.82) is 0 Å². The van der Waals surface area contributed by atoms with Crippen molar-refractivity contribution in [3.63, 3.8) is 0 Å². The number of fused-ring (bicyclic) bond motifs is 1. The Morgan fingerprint density at radius 1 is 1.47 bits per heavy atom. The Morgan fingerprint density at radius 3 is 2.94 bits per heavy atom. The molecule has 0 aliphatic heterocycles. The Morgan fingerprint density at radius 2 is 2.24 bits per heavy atom. The van der Waals surface area contributed by atoms with Crippen LogP contribution in [0, 0.1) is 6.92 Å². The Labute approximate surface area is 96.7 Å². The minimum atomic E-state index is -1.15. The number of H-pyrrole nitrogens is 1. The van der Waals surface area contributed by atoms with Crippen LogP contribution in [0.15, 0.2) is 18.2 Å². The summed E-state index contributed by atoms with van der Waals surface area (Å²) in [6, 6.07) is 5.16. The van der Waals surface area contributed by atoms with Crippen molar-refractivity contribution in [3.8, 4) is 0 Å². The highest BCUT2D eigenvalue weighted by molar-refractivity contribution is 6.02. The van der Waals surface area contributed by atoms with E-state index in [0.717, 1.165) is 16.9 Å². The van der Waals surface area contributed by atoms with E-state index in [0.29, 0.717) is 5.69 Å². The molecule has 3 N–H and O–H groups in total. The average molecular weight is 233 g/mol. The number of benzene rings is 1. The third-order valence-electron chi connectivity index (χ3n) is 2.20. The van der Waals surface area contributed by atoms with Crippen molar-refractivity contribution in [1.82, 2.24) is 9.97 Å². The predicted octanol–water partition coefficient (Wildman–Crippen LogP) is 1.28. The number of aliphatic carboxylic acids is 1. The fourth-order valence-corrected chi connectivity index (χ4v) is 1.56. The number of carboxylic acids is 1. The second-order valence-corrected chi connectivity index (χ2v) is 3.67. The molecule has 0 spiro atoms. The van der Waals surface area contributed by atoms with Crippen LogP contribution < -0.4 is 5.32 Å².